The molecular formula is C10H13NO. The molecule has 0 fully saturated rings. The molecule has 0 aliphatic carbocycles. The van der Waals surface area contributed by atoms with Crippen LogP contribution in [0.4, 0.5) is 0 Å². The maximum absolute atomic E-state index is 5.14. The van der Waals surface area contributed by atoms with E-state index in [1.807, 2.05) is 45.0 Å². The summed E-state index contributed by atoms with van der Waals surface area (Å²) in [5.41, 5.74) is 2.09. The Morgan fingerprint density at radius 2 is 2.08 bits per heavy atom. The van der Waals surface area contributed by atoms with E-state index in [2.05, 4.69) is 5.16 Å². The lowest BCUT2D eigenvalue weighted by Gasteiger charge is -1.99. The van der Waals surface area contributed by atoms with Crippen LogP contribution in [0.25, 0.3) is 0 Å². The number of aryl methyl sites for hydroxylation is 1. The molecule has 0 saturated carbocycles. The van der Waals surface area contributed by atoms with Crippen LogP contribution in [-0.4, -0.2) is 5.71 Å². The second-order valence-electron chi connectivity index (χ2n) is 2.95. The molecule has 64 valence electrons. The highest BCUT2D eigenvalue weighted by atomic mass is 16.6. The van der Waals surface area contributed by atoms with Crippen LogP contribution in [0.15, 0.2) is 29.4 Å². The number of hydrogen-bond acceptors (Lipinski definition) is 2. The lowest BCUT2D eigenvalue weighted by molar-refractivity contribution is 0.340. The third-order valence-corrected chi connectivity index (χ3v) is 1.32. The maximum atomic E-state index is 5.14. The third-order valence-electron chi connectivity index (χ3n) is 1.32. The van der Waals surface area contributed by atoms with Crippen LogP contribution in [0.2, 0.25) is 0 Å². The molecule has 1 rings (SSSR count). The predicted molar refractivity (Wildman–Crippen MR) is 50.6 cm³/mol. The van der Waals surface area contributed by atoms with Crippen molar-refractivity contribution in [1.29, 1.82) is 0 Å². The van der Waals surface area contributed by atoms with Crippen LogP contribution < -0.4 is 4.84 Å². The van der Waals surface area contributed by atoms with Crippen LogP contribution in [-0.2, 0) is 0 Å². The van der Waals surface area contributed by atoms with E-state index >= 15 is 0 Å². The quantitative estimate of drug-likeness (QED) is 0.485. The number of hydrogen-bond donors (Lipinski definition) is 0. The summed E-state index contributed by atoms with van der Waals surface area (Å²) >= 11 is 0. The average Bonchev–Trinajstić information content (AvgIpc) is 2.01. The van der Waals surface area contributed by atoms with Crippen molar-refractivity contribution in [3.05, 3.63) is 29.8 Å². The Labute approximate surface area is 72.9 Å². The molecule has 0 spiro atoms. The molecule has 0 heterocycles. The number of benzene rings is 1. The van der Waals surface area contributed by atoms with Crippen LogP contribution >= 0.6 is 0 Å². The second-order valence-corrected chi connectivity index (χ2v) is 2.95. The molecule has 0 N–H and O–H groups in total. The molecule has 0 radical (unpaired) electrons. The summed E-state index contributed by atoms with van der Waals surface area (Å²) < 4.78 is 0. The van der Waals surface area contributed by atoms with Crippen molar-refractivity contribution in [2.24, 2.45) is 5.16 Å². The Morgan fingerprint density at radius 1 is 1.33 bits per heavy atom. The van der Waals surface area contributed by atoms with Crippen molar-refractivity contribution in [3.8, 4) is 5.75 Å². The van der Waals surface area contributed by atoms with E-state index in [0.29, 0.717) is 0 Å². The highest BCUT2D eigenvalue weighted by Crippen LogP contribution is 2.12. The van der Waals surface area contributed by atoms with Crippen LogP contribution in [0, 0.1) is 6.92 Å². The van der Waals surface area contributed by atoms with Crippen molar-refractivity contribution in [1.82, 2.24) is 0 Å². The van der Waals surface area contributed by atoms with E-state index in [1.54, 1.807) is 0 Å². The lowest BCUT2D eigenvalue weighted by atomic mass is 10.2. The van der Waals surface area contributed by atoms with Gasteiger partial charge in [0.1, 0.15) is 0 Å². The van der Waals surface area contributed by atoms with Gasteiger partial charge in [0.2, 0.25) is 0 Å². The van der Waals surface area contributed by atoms with Crippen molar-refractivity contribution < 1.29 is 4.84 Å². The van der Waals surface area contributed by atoms with Gasteiger partial charge in [-0.3, -0.25) is 0 Å². The zero-order chi connectivity index (χ0) is 8.97. The molecule has 0 aliphatic rings. The first-order valence-corrected chi connectivity index (χ1v) is 3.93. The van der Waals surface area contributed by atoms with E-state index in [4.69, 9.17) is 4.84 Å². The predicted octanol–water partition coefficient (Wildman–Crippen LogP) is 2.77. The minimum Gasteiger partial charge on any atom is -0.357 e. The molecular weight excluding hydrogens is 150 g/mol. The topological polar surface area (TPSA) is 21.6 Å². The third kappa shape index (κ3) is 2.74. The van der Waals surface area contributed by atoms with Gasteiger partial charge in [0.15, 0.2) is 5.75 Å². The largest absolute Gasteiger partial charge is 0.357 e. The molecule has 0 unspecified atom stereocenters. The van der Waals surface area contributed by atoms with Gasteiger partial charge in [-0.15, -0.1) is 0 Å². The number of oxime groups is 1. The molecule has 12 heavy (non-hydrogen) atoms. The number of nitrogens with zero attached hydrogens (tertiary/aromatic N) is 1. The summed E-state index contributed by atoms with van der Waals surface area (Å²) in [4.78, 5) is 5.14. The molecule has 0 amide bonds. The summed E-state index contributed by atoms with van der Waals surface area (Å²) in [6.45, 7) is 5.82. The molecule has 0 saturated heterocycles. The fraction of sp³-hybridized carbons (Fsp3) is 0.300. The van der Waals surface area contributed by atoms with Crippen molar-refractivity contribution in [2.75, 3.05) is 0 Å². The summed E-state index contributed by atoms with van der Waals surface area (Å²) in [5.74, 6) is 0.788. The Bertz CT molecular complexity index is 288. The first-order chi connectivity index (χ1) is 5.68. The Kier molecular flexibility index (Phi) is 2.86. The van der Waals surface area contributed by atoms with Gasteiger partial charge in [0.05, 0.1) is 5.71 Å². The van der Waals surface area contributed by atoms with Crippen molar-refractivity contribution in [2.45, 2.75) is 20.8 Å². The Balaban J connectivity index is 2.70. The van der Waals surface area contributed by atoms with Crippen LogP contribution in [0.3, 0.4) is 0 Å². The first-order valence-electron chi connectivity index (χ1n) is 3.93. The fourth-order valence-corrected chi connectivity index (χ4v) is 0.816. The van der Waals surface area contributed by atoms with E-state index in [0.717, 1.165) is 11.5 Å². The summed E-state index contributed by atoms with van der Waals surface area (Å²) in [6, 6.07) is 7.81. The number of rotatable bonds is 2. The minimum atomic E-state index is 0.788. The van der Waals surface area contributed by atoms with Gasteiger partial charge >= 0.3 is 0 Å². The van der Waals surface area contributed by atoms with Gasteiger partial charge in [0, 0.05) is 0 Å². The average molecular weight is 163 g/mol. The van der Waals surface area contributed by atoms with Gasteiger partial charge in [-0.2, -0.15) is 0 Å². The SMILES string of the molecule is CC(C)=NOc1cccc(C)c1. The highest BCUT2D eigenvalue weighted by molar-refractivity contribution is 5.78. The van der Waals surface area contributed by atoms with Gasteiger partial charge in [-0.25, -0.2) is 0 Å². The summed E-state index contributed by atoms with van der Waals surface area (Å²) in [7, 11) is 0. The van der Waals surface area contributed by atoms with Gasteiger partial charge < -0.3 is 4.84 Å². The molecule has 2 nitrogen and oxygen atoms in total. The van der Waals surface area contributed by atoms with Crippen LogP contribution in [0.5, 0.6) is 5.75 Å². The molecule has 0 atom stereocenters. The summed E-state index contributed by atoms with van der Waals surface area (Å²) in [5, 5.41) is 3.85. The molecule has 2 heteroatoms. The van der Waals surface area contributed by atoms with Crippen molar-refractivity contribution in [3.63, 3.8) is 0 Å². The highest BCUT2D eigenvalue weighted by Gasteiger charge is 1.91. The van der Waals surface area contributed by atoms with Crippen LogP contribution in [0.1, 0.15) is 19.4 Å². The monoisotopic (exact) mass is 163 g/mol. The summed E-state index contributed by atoms with van der Waals surface area (Å²) in [6.07, 6.45) is 0. The fourth-order valence-electron chi connectivity index (χ4n) is 0.816. The van der Waals surface area contributed by atoms with Gasteiger partial charge in [-0.1, -0.05) is 17.3 Å². The van der Waals surface area contributed by atoms with Crippen molar-refractivity contribution >= 4 is 5.71 Å². The molecule has 1 aromatic carbocycles. The maximum Gasteiger partial charge on any atom is 0.158 e. The Hall–Kier alpha value is -1.31. The van der Waals surface area contributed by atoms with E-state index < -0.39 is 0 Å². The molecule has 0 aliphatic heterocycles. The van der Waals surface area contributed by atoms with Gasteiger partial charge in [0.25, 0.3) is 0 Å². The zero-order valence-corrected chi connectivity index (χ0v) is 7.66. The first kappa shape index (κ1) is 8.78. The Morgan fingerprint density at radius 3 is 2.67 bits per heavy atom. The lowest BCUT2D eigenvalue weighted by Crippen LogP contribution is -1.88. The van der Waals surface area contributed by atoms with E-state index in [1.165, 1.54) is 5.56 Å². The molecule has 1 aromatic rings. The zero-order valence-electron chi connectivity index (χ0n) is 7.66. The minimum absolute atomic E-state index is 0.788. The van der Waals surface area contributed by atoms with Gasteiger partial charge in [-0.05, 0) is 38.5 Å². The smallest absolute Gasteiger partial charge is 0.158 e. The second kappa shape index (κ2) is 3.90. The van der Waals surface area contributed by atoms with E-state index in [-0.39, 0.29) is 0 Å². The normalized spacial score (nSPS) is 9.25. The molecule has 0 bridgehead atoms. The standard InChI is InChI=1S/C10H13NO/c1-8(2)11-12-10-6-4-5-9(3)7-10/h4-7H,1-3H3. The van der Waals surface area contributed by atoms with E-state index in [9.17, 15) is 0 Å². The molecule has 0 aromatic heterocycles.